The predicted octanol–water partition coefficient (Wildman–Crippen LogP) is 2.00. The number of aryl methyl sites for hydroxylation is 1. The Morgan fingerprint density at radius 2 is 2.17 bits per heavy atom. The van der Waals surface area contributed by atoms with Crippen molar-refractivity contribution in [3.8, 4) is 0 Å². The average Bonchev–Trinajstić information content (AvgIpc) is 2.36. The summed E-state index contributed by atoms with van der Waals surface area (Å²) in [5, 5.41) is 3.06. The number of benzene rings is 1. The van der Waals surface area contributed by atoms with E-state index >= 15 is 0 Å². The molecule has 0 aliphatic carbocycles. The van der Waals surface area contributed by atoms with Gasteiger partial charge in [-0.25, -0.2) is 0 Å². The molecule has 1 aromatic rings. The molecule has 0 fully saturated rings. The van der Waals surface area contributed by atoms with Gasteiger partial charge in [0.1, 0.15) is 0 Å². The monoisotopic (exact) mass is 248 g/mol. The first-order valence-corrected chi connectivity index (χ1v) is 6.57. The third kappa shape index (κ3) is 5.32. The van der Waals surface area contributed by atoms with Crippen LogP contribution in [0.4, 0.5) is 0 Å². The van der Waals surface area contributed by atoms with Crippen molar-refractivity contribution in [2.45, 2.75) is 26.2 Å². The fourth-order valence-electron chi connectivity index (χ4n) is 1.90. The number of nitrogens with one attached hydrogen (secondary N) is 1. The largest absolute Gasteiger partial charge is 0.345 e. The van der Waals surface area contributed by atoms with Gasteiger partial charge in [-0.3, -0.25) is 4.79 Å². The molecule has 1 rings (SSSR count). The van der Waals surface area contributed by atoms with Crippen LogP contribution in [0.2, 0.25) is 0 Å². The number of carbonyl (C=O) groups is 1. The fraction of sp³-hybridized carbons (Fsp3) is 0.533. The summed E-state index contributed by atoms with van der Waals surface area (Å²) in [7, 11) is 3.80. The SMILES string of the molecule is CNCCCC(=O)N(C)CCc1cccc(C)c1. The van der Waals surface area contributed by atoms with Gasteiger partial charge in [-0.1, -0.05) is 29.8 Å². The van der Waals surface area contributed by atoms with Crippen LogP contribution in [0.5, 0.6) is 0 Å². The lowest BCUT2D eigenvalue weighted by Gasteiger charge is -2.17. The van der Waals surface area contributed by atoms with Crippen LogP contribution in [0.1, 0.15) is 24.0 Å². The minimum absolute atomic E-state index is 0.234. The highest BCUT2D eigenvalue weighted by Gasteiger charge is 2.07. The maximum absolute atomic E-state index is 11.8. The first-order chi connectivity index (χ1) is 8.63. The number of likely N-dealkylation sites (N-methyl/N-ethyl adjacent to an activating group) is 1. The Balaban J connectivity index is 2.32. The highest BCUT2D eigenvalue weighted by Crippen LogP contribution is 2.06. The number of nitrogens with zero attached hydrogens (tertiary/aromatic N) is 1. The van der Waals surface area contributed by atoms with Crippen LogP contribution in [-0.2, 0) is 11.2 Å². The third-order valence-electron chi connectivity index (χ3n) is 3.06. The molecule has 0 atom stereocenters. The second-order valence-electron chi connectivity index (χ2n) is 4.76. The zero-order valence-corrected chi connectivity index (χ0v) is 11.7. The van der Waals surface area contributed by atoms with Crippen molar-refractivity contribution < 1.29 is 4.79 Å². The van der Waals surface area contributed by atoms with Gasteiger partial charge in [-0.05, 0) is 38.9 Å². The van der Waals surface area contributed by atoms with E-state index in [1.807, 2.05) is 19.0 Å². The van der Waals surface area contributed by atoms with Gasteiger partial charge in [-0.2, -0.15) is 0 Å². The molecule has 0 aliphatic rings. The zero-order chi connectivity index (χ0) is 13.4. The minimum Gasteiger partial charge on any atom is -0.345 e. The molecular formula is C15H24N2O. The topological polar surface area (TPSA) is 32.3 Å². The maximum atomic E-state index is 11.8. The molecule has 1 aromatic carbocycles. The summed E-state index contributed by atoms with van der Waals surface area (Å²) in [6.07, 6.45) is 2.46. The Labute approximate surface area is 110 Å². The lowest BCUT2D eigenvalue weighted by atomic mass is 10.1. The molecule has 3 nitrogen and oxygen atoms in total. The molecule has 0 bridgehead atoms. The van der Waals surface area contributed by atoms with E-state index in [0.29, 0.717) is 6.42 Å². The van der Waals surface area contributed by atoms with Crippen LogP contribution >= 0.6 is 0 Å². The van der Waals surface area contributed by atoms with Gasteiger partial charge >= 0.3 is 0 Å². The summed E-state index contributed by atoms with van der Waals surface area (Å²) in [5.41, 5.74) is 2.57. The Kier molecular flexibility index (Phi) is 6.44. The molecule has 18 heavy (non-hydrogen) atoms. The molecule has 1 N–H and O–H groups in total. The predicted molar refractivity (Wildman–Crippen MR) is 75.7 cm³/mol. The molecule has 100 valence electrons. The number of amides is 1. The van der Waals surface area contributed by atoms with Crippen LogP contribution in [0.3, 0.4) is 0 Å². The zero-order valence-electron chi connectivity index (χ0n) is 11.7. The van der Waals surface area contributed by atoms with E-state index in [0.717, 1.165) is 25.9 Å². The van der Waals surface area contributed by atoms with E-state index in [1.54, 1.807) is 0 Å². The summed E-state index contributed by atoms with van der Waals surface area (Å²) in [6, 6.07) is 8.46. The molecule has 0 aromatic heterocycles. The van der Waals surface area contributed by atoms with Crippen molar-refractivity contribution in [1.29, 1.82) is 0 Å². The summed E-state index contributed by atoms with van der Waals surface area (Å²) in [4.78, 5) is 13.6. The molecule has 0 radical (unpaired) electrons. The molecule has 0 heterocycles. The van der Waals surface area contributed by atoms with Crippen molar-refractivity contribution in [2.24, 2.45) is 0 Å². The van der Waals surface area contributed by atoms with Crippen LogP contribution < -0.4 is 5.32 Å². The standard InChI is InChI=1S/C15H24N2O/c1-13-6-4-7-14(12-13)9-11-17(3)15(18)8-5-10-16-2/h4,6-7,12,16H,5,8-11H2,1-3H3. The smallest absolute Gasteiger partial charge is 0.222 e. The second kappa shape index (κ2) is 7.88. The van der Waals surface area contributed by atoms with Crippen molar-refractivity contribution >= 4 is 5.91 Å². The Morgan fingerprint density at radius 1 is 1.39 bits per heavy atom. The minimum atomic E-state index is 0.234. The van der Waals surface area contributed by atoms with Gasteiger partial charge in [0, 0.05) is 20.0 Å². The van der Waals surface area contributed by atoms with E-state index < -0.39 is 0 Å². The first-order valence-electron chi connectivity index (χ1n) is 6.57. The Bertz CT molecular complexity index is 377. The first kappa shape index (κ1) is 14.7. The summed E-state index contributed by atoms with van der Waals surface area (Å²) < 4.78 is 0. The molecule has 0 aliphatic heterocycles. The van der Waals surface area contributed by atoms with Crippen molar-refractivity contribution in [1.82, 2.24) is 10.2 Å². The molecular weight excluding hydrogens is 224 g/mol. The lowest BCUT2D eigenvalue weighted by molar-refractivity contribution is -0.129. The van der Waals surface area contributed by atoms with E-state index in [9.17, 15) is 4.79 Å². The molecule has 1 amide bonds. The van der Waals surface area contributed by atoms with E-state index in [-0.39, 0.29) is 5.91 Å². The van der Waals surface area contributed by atoms with Crippen LogP contribution in [-0.4, -0.2) is 38.0 Å². The van der Waals surface area contributed by atoms with Gasteiger partial charge in [0.05, 0.1) is 0 Å². The summed E-state index contributed by atoms with van der Waals surface area (Å²) in [6.45, 7) is 3.79. The van der Waals surface area contributed by atoms with Gasteiger partial charge in [-0.15, -0.1) is 0 Å². The average molecular weight is 248 g/mol. The molecule has 0 saturated heterocycles. The molecule has 0 saturated carbocycles. The van der Waals surface area contributed by atoms with Crippen LogP contribution in [0, 0.1) is 6.92 Å². The highest BCUT2D eigenvalue weighted by atomic mass is 16.2. The van der Waals surface area contributed by atoms with Crippen molar-refractivity contribution in [2.75, 3.05) is 27.2 Å². The van der Waals surface area contributed by atoms with Gasteiger partial charge < -0.3 is 10.2 Å². The fourth-order valence-corrected chi connectivity index (χ4v) is 1.90. The quantitative estimate of drug-likeness (QED) is 0.749. The number of hydrogen-bond donors (Lipinski definition) is 1. The summed E-state index contributed by atoms with van der Waals surface area (Å²) in [5.74, 6) is 0.234. The number of carbonyl (C=O) groups excluding carboxylic acids is 1. The Morgan fingerprint density at radius 3 is 2.83 bits per heavy atom. The lowest BCUT2D eigenvalue weighted by Crippen LogP contribution is -2.29. The van der Waals surface area contributed by atoms with Gasteiger partial charge in [0.15, 0.2) is 0 Å². The number of rotatable bonds is 7. The van der Waals surface area contributed by atoms with Crippen LogP contribution in [0.25, 0.3) is 0 Å². The summed E-state index contributed by atoms with van der Waals surface area (Å²) >= 11 is 0. The third-order valence-corrected chi connectivity index (χ3v) is 3.06. The normalized spacial score (nSPS) is 10.4. The molecule has 3 heteroatoms. The molecule has 0 unspecified atom stereocenters. The van der Waals surface area contributed by atoms with Gasteiger partial charge in [0.2, 0.25) is 5.91 Å². The van der Waals surface area contributed by atoms with E-state index in [1.165, 1.54) is 11.1 Å². The second-order valence-corrected chi connectivity index (χ2v) is 4.76. The highest BCUT2D eigenvalue weighted by molar-refractivity contribution is 5.75. The van der Waals surface area contributed by atoms with E-state index in [4.69, 9.17) is 0 Å². The van der Waals surface area contributed by atoms with Crippen molar-refractivity contribution in [3.05, 3.63) is 35.4 Å². The van der Waals surface area contributed by atoms with Gasteiger partial charge in [0.25, 0.3) is 0 Å². The van der Waals surface area contributed by atoms with Crippen LogP contribution in [0.15, 0.2) is 24.3 Å². The number of hydrogen-bond acceptors (Lipinski definition) is 2. The maximum Gasteiger partial charge on any atom is 0.222 e. The van der Waals surface area contributed by atoms with E-state index in [2.05, 4.69) is 36.5 Å². The van der Waals surface area contributed by atoms with Crippen molar-refractivity contribution in [3.63, 3.8) is 0 Å². The Hall–Kier alpha value is -1.35. The molecule has 0 spiro atoms.